The number of oxime groups is 1. The number of nitrogens with one attached hydrogen (secondary N) is 1. The molecule has 0 radical (unpaired) electrons. The van der Waals surface area contributed by atoms with E-state index in [9.17, 15) is 4.79 Å². The maximum atomic E-state index is 12.2. The lowest BCUT2D eigenvalue weighted by molar-refractivity contribution is 0.0940. The van der Waals surface area contributed by atoms with E-state index in [4.69, 9.17) is 10.9 Å². The maximum Gasteiger partial charge on any atom is 0.251 e. The highest BCUT2D eigenvalue weighted by atomic mass is 16.4. The molecule has 1 amide bonds. The van der Waals surface area contributed by atoms with E-state index in [1.165, 1.54) is 0 Å². The lowest BCUT2D eigenvalue weighted by Crippen LogP contribution is -2.26. The molecule has 0 aromatic heterocycles. The Balaban J connectivity index is 2.07. The van der Waals surface area contributed by atoms with Gasteiger partial charge in [0.05, 0.1) is 6.04 Å². The molecule has 0 fully saturated rings. The molecule has 4 N–H and O–H groups in total. The Hall–Kier alpha value is -2.82. The first kappa shape index (κ1) is 14.6. The van der Waals surface area contributed by atoms with Crippen LogP contribution in [0.25, 0.3) is 0 Å². The van der Waals surface area contributed by atoms with Crippen molar-refractivity contribution in [1.29, 1.82) is 0 Å². The molecule has 0 saturated heterocycles. The van der Waals surface area contributed by atoms with E-state index in [1.54, 1.807) is 24.3 Å². The van der Waals surface area contributed by atoms with Crippen LogP contribution < -0.4 is 11.1 Å². The Morgan fingerprint density at radius 3 is 2.24 bits per heavy atom. The Morgan fingerprint density at radius 2 is 1.67 bits per heavy atom. The van der Waals surface area contributed by atoms with E-state index in [0.717, 1.165) is 5.56 Å². The summed E-state index contributed by atoms with van der Waals surface area (Å²) in [6.07, 6.45) is 0. The first-order valence-corrected chi connectivity index (χ1v) is 6.55. The standard InChI is InChI=1S/C16H17N3O2/c1-11(12-5-3-2-4-6-12)18-16(20)14-9-7-13(8-10-14)15(17)19-21/h2-11,21H,1H3,(H2,17,19)(H,18,20). The second kappa shape index (κ2) is 6.56. The molecule has 5 heteroatoms. The molecule has 0 aliphatic heterocycles. The molecule has 2 rings (SSSR count). The summed E-state index contributed by atoms with van der Waals surface area (Å²) in [7, 11) is 0. The fraction of sp³-hybridized carbons (Fsp3) is 0.125. The van der Waals surface area contributed by atoms with Crippen molar-refractivity contribution in [2.45, 2.75) is 13.0 Å². The van der Waals surface area contributed by atoms with Gasteiger partial charge in [0.1, 0.15) is 0 Å². The third-order valence-electron chi connectivity index (χ3n) is 3.20. The van der Waals surface area contributed by atoms with Crippen LogP contribution in [0.4, 0.5) is 0 Å². The van der Waals surface area contributed by atoms with Crippen LogP contribution in [0.3, 0.4) is 0 Å². The molecule has 0 aliphatic rings. The van der Waals surface area contributed by atoms with Gasteiger partial charge in [0.25, 0.3) is 5.91 Å². The Bertz CT molecular complexity index is 636. The topological polar surface area (TPSA) is 87.7 Å². The van der Waals surface area contributed by atoms with Crippen molar-refractivity contribution in [3.8, 4) is 0 Å². The molecular weight excluding hydrogens is 266 g/mol. The minimum atomic E-state index is -0.169. The molecule has 5 nitrogen and oxygen atoms in total. The number of hydrogen-bond donors (Lipinski definition) is 3. The number of nitrogens with two attached hydrogens (primary N) is 1. The van der Waals surface area contributed by atoms with Crippen molar-refractivity contribution < 1.29 is 10.0 Å². The van der Waals surface area contributed by atoms with Crippen molar-refractivity contribution in [3.63, 3.8) is 0 Å². The van der Waals surface area contributed by atoms with E-state index >= 15 is 0 Å². The van der Waals surface area contributed by atoms with Gasteiger partial charge in [0.15, 0.2) is 5.84 Å². The van der Waals surface area contributed by atoms with Gasteiger partial charge in [-0.2, -0.15) is 0 Å². The minimum absolute atomic E-state index is 0.0135. The zero-order valence-corrected chi connectivity index (χ0v) is 11.7. The number of amidine groups is 1. The van der Waals surface area contributed by atoms with Gasteiger partial charge in [-0.25, -0.2) is 0 Å². The SMILES string of the molecule is CC(NC(=O)c1ccc(/C(N)=N/O)cc1)c1ccccc1. The van der Waals surface area contributed by atoms with E-state index in [-0.39, 0.29) is 17.8 Å². The van der Waals surface area contributed by atoms with Gasteiger partial charge < -0.3 is 16.3 Å². The van der Waals surface area contributed by atoms with Crippen LogP contribution in [-0.4, -0.2) is 17.0 Å². The van der Waals surface area contributed by atoms with E-state index in [2.05, 4.69) is 10.5 Å². The quantitative estimate of drug-likeness (QED) is 0.348. The Kier molecular flexibility index (Phi) is 4.56. The van der Waals surface area contributed by atoms with Gasteiger partial charge in [-0.3, -0.25) is 4.79 Å². The molecule has 108 valence electrons. The van der Waals surface area contributed by atoms with Crippen molar-refractivity contribution >= 4 is 11.7 Å². The van der Waals surface area contributed by atoms with Crippen LogP contribution in [-0.2, 0) is 0 Å². The molecule has 21 heavy (non-hydrogen) atoms. The molecule has 0 bridgehead atoms. The van der Waals surface area contributed by atoms with Crippen LogP contribution in [0.5, 0.6) is 0 Å². The number of amides is 1. The van der Waals surface area contributed by atoms with Crippen molar-refractivity contribution in [3.05, 3.63) is 71.3 Å². The summed E-state index contributed by atoms with van der Waals surface area (Å²) in [5.74, 6) is -0.156. The summed E-state index contributed by atoms with van der Waals surface area (Å²) in [5, 5.41) is 14.4. The summed E-state index contributed by atoms with van der Waals surface area (Å²) in [4.78, 5) is 12.2. The Morgan fingerprint density at radius 1 is 1.10 bits per heavy atom. The van der Waals surface area contributed by atoms with Crippen molar-refractivity contribution in [2.75, 3.05) is 0 Å². The van der Waals surface area contributed by atoms with E-state index in [0.29, 0.717) is 11.1 Å². The normalized spacial score (nSPS) is 12.7. The first-order chi connectivity index (χ1) is 10.1. The van der Waals surface area contributed by atoms with Crippen LogP contribution in [0.15, 0.2) is 59.8 Å². The van der Waals surface area contributed by atoms with Crippen LogP contribution in [0.1, 0.15) is 34.5 Å². The summed E-state index contributed by atoms with van der Waals surface area (Å²) in [6.45, 7) is 1.93. The molecular formula is C16H17N3O2. The third-order valence-corrected chi connectivity index (χ3v) is 3.20. The fourth-order valence-corrected chi connectivity index (χ4v) is 1.96. The van der Waals surface area contributed by atoms with Gasteiger partial charge in [-0.05, 0) is 24.6 Å². The van der Waals surface area contributed by atoms with Gasteiger partial charge in [0, 0.05) is 11.1 Å². The van der Waals surface area contributed by atoms with Crippen LogP contribution in [0, 0.1) is 0 Å². The summed E-state index contributed by atoms with van der Waals surface area (Å²) in [6, 6.07) is 16.2. The zero-order valence-electron chi connectivity index (χ0n) is 11.7. The second-order valence-electron chi connectivity index (χ2n) is 4.67. The zero-order chi connectivity index (χ0) is 15.2. The highest BCUT2D eigenvalue weighted by Crippen LogP contribution is 2.12. The number of carbonyl (C=O) groups excluding carboxylic acids is 1. The second-order valence-corrected chi connectivity index (χ2v) is 4.67. The van der Waals surface area contributed by atoms with E-state index < -0.39 is 0 Å². The number of carbonyl (C=O) groups is 1. The molecule has 0 spiro atoms. The number of rotatable bonds is 4. The van der Waals surface area contributed by atoms with Crippen LogP contribution in [0.2, 0.25) is 0 Å². The number of hydrogen-bond acceptors (Lipinski definition) is 3. The maximum absolute atomic E-state index is 12.2. The molecule has 0 aliphatic carbocycles. The first-order valence-electron chi connectivity index (χ1n) is 6.55. The highest BCUT2D eigenvalue weighted by molar-refractivity contribution is 5.99. The smallest absolute Gasteiger partial charge is 0.251 e. The van der Waals surface area contributed by atoms with Crippen LogP contribution >= 0.6 is 0 Å². The van der Waals surface area contributed by atoms with Gasteiger partial charge in [-0.1, -0.05) is 47.6 Å². The molecule has 2 aromatic carbocycles. The average Bonchev–Trinajstić information content (AvgIpc) is 2.55. The van der Waals surface area contributed by atoms with Crippen molar-refractivity contribution in [2.24, 2.45) is 10.9 Å². The number of benzene rings is 2. The van der Waals surface area contributed by atoms with Gasteiger partial charge >= 0.3 is 0 Å². The molecule has 0 saturated carbocycles. The predicted molar refractivity (Wildman–Crippen MR) is 81.3 cm³/mol. The Labute approximate surface area is 123 Å². The predicted octanol–water partition coefficient (Wildman–Crippen LogP) is 2.27. The highest BCUT2D eigenvalue weighted by Gasteiger charge is 2.11. The fourth-order valence-electron chi connectivity index (χ4n) is 1.96. The summed E-state index contributed by atoms with van der Waals surface area (Å²) < 4.78 is 0. The van der Waals surface area contributed by atoms with Gasteiger partial charge in [-0.15, -0.1) is 0 Å². The van der Waals surface area contributed by atoms with E-state index in [1.807, 2.05) is 37.3 Å². The molecule has 1 unspecified atom stereocenters. The van der Waals surface area contributed by atoms with Crippen molar-refractivity contribution in [1.82, 2.24) is 5.32 Å². The summed E-state index contributed by atoms with van der Waals surface area (Å²) >= 11 is 0. The number of nitrogens with zero attached hydrogens (tertiary/aromatic N) is 1. The third kappa shape index (κ3) is 3.60. The van der Waals surface area contributed by atoms with Gasteiger partial charge in [0.2, 0.25) is 0 Å². The molecule has 2 aromatic rings. The average molecular weight is 283 g/mol. The molecule has 1 atom stereocenters. The lowest BCUT2D eigenvalue weighted by atomic mass is 10.1. The largest absolute Gasteiger partial charge is 0.409 e. The summed E-state index contributed by atoms with van der Waals surface area (Å²) in [5.41, 5.74) is 7.60. The molecule has 0 heterocycles. The monoisotopic (exact) mass is 283 g/mol. The lowest BCUT2D eigenvalue weighted by Gasteiger charge is -2.14. The minimum Gasteiger partial charge on any atom is -0.409 e.